The Morgan fingerprint density at radius 1 is 1.00 bits per heavy atom. The number of carbonyl (C=O) groups is 1. The van der Waals surface area contributed by atoms with Gasteiger partial charge in [-0.25, -0.2) is 0 Å². The van der Waals surface area contributed by atoms with Crippen LogP contribution in [0.5, 0.6) is 0 Å². The minimum absolute atomic E-state index is 0.0814. The van der Waals surface area contributed by atoms with Crippen LogP contribution in [0.25, 0.3) is 0 Å². The molecule has 2 rings (SSSR count). The van der Waals surface area contributed by atoms with Crippen LogP contribution in [-0.2, 0) is 10.7 Å². The second kappa shape index (κ2) is 6.44. The van der Waals surface area contributed by atoms with Crippen LogP contribution in [-0.4, -0.2) is 5.91 Å². The quantitative estimate of drug-likeness (QED) is 0.767. The number of hydrogen-bond acceptors (Lipinski definition) is 1. The lowest BCUT2D eigenvalue weighted by atomic mass is 9.87. The van der Waals surface area contributed by atoms with Crippen LogP contribution >= 0.6 is 15.9 Å². The molecule has 3 heteroatoms. The zero-order valence-electron chi connectivity index (χ0n) is 12.6. The third-order valence-electron chi connectivity index (χ3n) is 3.38. The number of rotatable bonds is 3. The fourth-order valence-electron chi connectivity index (χ4n) is 2.00. The van der Waals surface area contributed by atoms with E-state index in [9.17, 15) is 4.79 Å². The van der Waals surface area contributed by atoms with Gasteiger partial charge in [0, 0.05) is 16.6 Å². The van der Waals surface area contributed by atoms with Crippen molar-refractivity contribution in [3.05, 3.63) is 65.2 Å². The standard InChI is InChI=1S/C18H20BrNO/c1-18(2,3)15-8-6-14(7-9-15)17(21)20-16-10-4-13(12-19)5-11-16/h4-11H,12H2,1-3H3,(H,20,21). The molecule has 2 aromatic rings. The molecule has 1 N–H and O–H groups in total. The third-order valence-corrected chi connectivity index (χ3v) is 4.03. The molecule has 0 aliphatic rings. The zero-order valence-corrected chi connectivity index (χ0v) is 14.2. The fraction of sp³-hybridized carbons (Fsp3) is 0.278. The van der Waals surface area contributed by atoms with Gasteiger partial charge in [0.25, 0.3) is 5.91 Å². The van der Waals surface area contributed by atoms with Gasteiger partial charge in [0.2, 0.25) is 0 Å². The van der Waals surface area contributed by atoms with Crippen molar-refractivity contribution in [1.29, 1.82) is 0 Å². The Morgan fingerprint density at radius 2 is 1.57 bits per heavy atom. The van der Waals surface area contributed by atoms with E-state index in [1.807, 2.05) is 48.5 Å². The average molecular weight is 346 g/mol. The minimum Gasteiger partial charge on any atom is -0.322 e. The molecule has 1 amide bonds. The van der Waals surface area contributed by atoms with Crippen LogP contribution in [0.3, 0.4) is 0 Å². The van der Waals surface area contributed by atoms with Gasteiger partial charge in [0.15, 0.2) is 0 Å². The van der Waals surface area contributed by atoms with Crippen LogP contribution < -0.4 is 5.32 Å². The Hall–Kier alpha value is -1.61. The van der Waals surface area contributed by atoms with Crippen LogP contribution in [0.4, 0.5) is 5.69 Å². The molecule has 0 spiro atoms. The van der Waals surface area contributed by atoms with Gasteiger partial charge in [-0.3, -0.25) is 4.79 Å². The Balaban J connectivity index is 2.09. The lowest BCUT2D eigenvalue weighted by molar-refractivity contribution is 0.102. The van der Waals surface area contributed by atoms with E-state index in [-0.39, 0.29) is 11.3 Å². The lowest BCUT2D eigenvalue weighted by Crippen LogP contribution is -2.14. The summed E-state index contributed by atoms with van der Waals surface area (Å²) in [6, 6.07) is 15.6. The molecule has 0 unspecified atom stereocenters. The summed E-state index contributed by atoms with van der Waals surface area (Å²) in [6.07, 6.45) is 0. The largest absolute Gasteiger partial charge is 0.322 e. The molecule has 0 radical (unpaired) electrons. The highest BCUT2D eigenvalue weighted by Crippen LogP contribution is 2.22. The summed E-state index contributed by atoms with van der Waals surface area (Å²) in [4.78, 5) is 12.2. The summed E-state index contributed by atoms with van der Waals surface area (Å²) in [5, 5.41) is 3.73. The van der Waals surface area contributed by atoms with E-state index in [2.05, 4.69) is 42.0 Å². The predicted molar refractivity (Wildman–Crippen MR) is 92.2 cm³/mol. The molecule has 0 bridgehead atoms. The average Bonchev–Trinajstić information content (AvgIpc) is 2.47. The molecule has 0 aliphatic heterocycles. The number of benzene rings is 2. The summed E-state index contributed by atoms with van der Waals surface area (Å²) < 4.78 is 0. The number of anilines is 1. The first-order valence-electron chi connectivity index (χ1n) is 6.97. The van der Waals surface area contributed by atoms with Crippen molar-refractivity contribution < 1.29 is 4.79 Å². The first-order valence-corrected chi connectivity index (χ1v) is 8.09. The molecule has 2 nitrogen and oxygen atoms in total. The molecule has 0 atom stereocenters. The second-order valence-corrected chi connectivity index (χ2v) is 6.67. The van der Waals surface area contributed by atoms with Gasteiger partial charge in [-0.05, 0) is 40.8 Å². The van der Waals surface area contributed by atoms with E-state index >= 15 is 0 Å². The van der Waals surface area contributed by atoms with Crippen LogP contribution in [0.2, 0.25) is 0 Å². The highest BCUT2D eigenvalue weighted by molar-refractivity contribution is 9.08. The van der Waals surface area contributed by atoms with Gasteiger partial charge < -0.3 is 5.32 Å². The summed E-state index contributed by atoms with van der Waals surface area (Å²) in [6.45, 7) is 6.48. The van der Waals surface area contributed by atoms with Crippen molar-refractivity contribution in [2.75, 3.05) is 5.32 Å². The molecule has 21 heavy (non-hydrogen) atoms. The monoisotopic (exact) mass is 345 g/mol. The molecule has 2 aromatic carbocycles. The maximum Gasteiger partial charge on any atom is 0.255 e. The number of halogens is 1. The SMILES string of the molecule is CC(C)(C)c1ccc(C(=O)Nc2ccc(CBr)cc2)cc1. The molecular weight excluding hydrogens is 326 g/mol. The Bertz CT molecular complexity index is 609. The molecule has 0 saturated heterocycles. The topological polar surface area (TPSA) is 29.1 Å². The predicted octanol–water partition coefficient (Wildman–Crippen LogP) is 5.13. The minimum atomic E-state index is -0.0814. The molecule has 0 aromatic heterocycles. The van der Waals surface area contributed by atoms with E-state index in [1.165, 1.54) is 11.1 Å². The first-order chi connectivity index (χ1) is 9.90. The van der Waals surface area contributed by atoms with Crippen molar-refractivity contribution in [2.24, 2.45) is 0 Å². The van der Waals surface area contributed by atoms with Crippen LogP contribution in [0.1, 0.15) is 42.3 Å². The van der Waals surface area contributed by atoms with Gasteiger partial charge >= 0.3 is 0 Å². The normalized spacial score (nSPS) is 11.2. The Labute approximate surface area is 134 Å². The number of alkyl halides is 1. The number of carbonyl (C=O) groups excluding carboxylic acids is 1. The van der Waals surface area contributed by atoms with Crippen molar-refractivity contribution in [1.82, 2.24) is 0 Å². The zero-order chi connectivity index (χ0) is 15.5. The van der Waals surface area contributed by atoms with Crippen molar-refractivity contribution in [2.45, 2.75) is 31.5 Å². The van der Waals surface area contributed by atoms with E-state index in [0.717, 1.165) is 11.0 Å². The maximum absolute atomic E-state index is 12.2. The third kappa shape index (κ3) is 4.18. The Kier molecular flexibility index (Phi) is 4.84. The van der Waals surface area contributed by atoms with Crippen LogP contribution in [0, 0.1) is 0 Å². The first kappa shape index (κ1) is 15.8. The highest BCUT2D eigenvalue weighted by atomic mass is 79.9. The van der Waals surface area contributed by atoms with E-state index in [0.29, 0.717) is 5.56 Å². The van der Waals surface area contributed by atoms with Gasteiger partial charge in [0.1, 0.15) is 0 Å². The summed E-state index contributed by atoms with van der Waals surface area (Å²) in [5.41, 5.74) is 3.99. The van der Waals surface area contributed by atoms with Gasteiger partial charge in [-0.2, -0.15) is 0 Å². The van der Waals surface area contributed by atoms with Crippen molar-refractivity contribution >= 4 is 27.5 Å². The van der Waals surface area contributed by atoms with E-state index in [4.69, 9.17) is 0 Å². The summed E-state index contributed by atoms with van der Waals surface area (Å²) in [7, 11) is 0. The molecule has 0 aliphatic carbocycles. The number of amides is 1. The van der Waals surface area contributed by atoms with Crippen LogP contribution in [0.15, 0.2) is 48.5 Å². The second-order valence-electron chi connectivity index (χ2n) is 6.11. The lowest BCUT2D eigenvalue weighted by Gasteiger charge is -2.19. The molecule has 110 valence electrons. The van der Waals surface area contributed by atoms with E-state index in [1.54, 1.807) is 0 Å². The molecule has 0 saturated carbocycles. The molecular formula is C18H20BrNO. The highest BCUT2D eigenvalue weighted by Gasteiger charge is 2.14. The molecule has 0 heterocycles. The summed E-state index contributed by atoms with van der Waals surface area (Å²) >= 11 is 3.40. The fourth-order valence-corrected chi connectivity index (χ4v) is 2.38. The van der Waals surface area contributed by atoms with E-state index < -0.39 is 0 Å². The molecule has 0 fully saturated rings. The van der Waals surface area contributed by atoms with Gasteiger partial charge in [-0.1, -0.05) is 61.0 Å². The van der Waals surface area contributed by atoms with Gasteiger partial charge in [-0.15, -0.1) is 0 Å². The smallest absolute Gasteiger partial charge is 0.255 e. The van der Waals surface area contributed by atoms with Crippen molar-refractivity contribution in [3.8, 4) is 0 Å². The Morgan fingerprint density at radius 3 is 2.05 bits per heavy atom. The number of nitrogens with one attached hydrogen (secondary N) is 1. The number of hydrogen-bond donors (Lipinski definition) is 1. The summed E-state index contributed by atoms with van der Waals surface area (Å²) in [5.74, 6) is -0.0814. The van der Waals surface area contributed by atoms with Gasteiger partial charge in [0.05, 0.1) is 0 Å². The van der Waals surface area contributed by atoms with Crippen molar-refractivity contribution in [3.63, 3.8) is 0 Å². The maximum atomic E-state index is 12.2.